The molecule has 0 amide bonds. The predicted molar refractivity (Wildman–Crippen MR) is 71.4 cm³/mol. The second-order valence-corrected chi connectivity index (χ2v) is 6.01. The summed E-state index contributed by atoms with van der Waals surface area (Å²) >= 11 is 1.31. The van der Waals surface area contributed by atoms with Crippen molar-refractivity contribution in [1.29, 1.82) is 0 Å². The van der Waals surface area contributed by atoms with Crippen LogP contribution in [0.1, 0.15) is 20.4 Å². The van der Waals surface area contributed by atoms with Gasteiger partial charge in [0, 0.05) is 32.1 Å². The maximum absolute atomic E-state index is 11.0. The Morgan fingerprint density at radius 1 is 1.50 bits per heavy atom. The number of nitrogens with zero attached hydrogens (tertiary/aromatic N) is 3. The number of carboxylic acid groups (broad SMARTS) is 1. The van der Waals surface area contributed by atoms with Gasteiger partial charge in [-0.2, -0.15) is 0 Å². The van der Waals surface area contributed by atoms with Crippen LogP contribution in [0.2, 0.25) is 0 Å². The van der Waals surface area contributed by atoms with E-state index in [0.29, 0.717) is 16.6 Å². The quantitative estimate of drug-likeness (QED) is 0.885. The normalized spacial score (nSPS) is 22.3. The first-order valence-corrected chi connectivity index (χ1v) is 6.87. The molecule has 0 radical (unpaired) electrons. The smallest absolute Gasteiger partial charge is 0.347 e. The van der Waals surface area contributed by atoms with Crippen LogP contribution in [0.3, 0.4) is 0 Å². The summed E-state index contributed by atoms with van der Waals surface area (Å²) < 4.78 is 0. The molecule has 1 unspecified atom stereocenters. The van der Waals surface area contributed by atoms with E-state index in [1.807, 2.05) is 0 Å². The number of carbonyl (C=O) groups is 1. The average molecular weight is 269 g/mol. The molecule has 1 aromatic rings. The van der Waals surface area contributed by atoms with Crippen LogP contribution in [-0.4, -0.2) is 65.6 Å². The Kier molecular flexibility index (Phi) is 3.99. The molecule has 5 nitrogen and oxygen atoms in total. The Labute approximate surface area is 111 Å². The first-order valence-electron chi connectivity index (χ1n) is 6.05. The van der Waals surface area contributed by atoms with E-state index in [2.05, 4.69) is 28.9 Å². The van der Waals surface area contributed by atoms with Gasteiger partial charge in [0.05, 0.1) is 10.7 Å². The molecule has 1 saturated heterocycles. The summed E-state index contributed by atoms with van der Waals surface area (Å²) in [4.78, 5) is 20.4. The van der Waals surface area contributed by atoms with Crippen LogP contribution in [-0.2, 0) is 6.42 Å². The molecule has 100 valence electrons. The zero-order valence-corrected chi connectivity index (χ0v) is 11.8. The first-order chi connectivity index (χ1) is 8.47. The molecule has 0 spiro atoms. The highest BCUT2D eigenvalue weighted by molar-refractivity contribution is 7.13. The van der Waals surface area contributed by atoms with Crippen LogP contribution in [0.4, 0.5) is 0 Å². The highest BCUT2D eigenvalue weighted by atomic mass is 32.1. The number of aromatic carboxylic acids is 1. The summed E-state index contributed by atoms with van der Waals surface area (Å²) in [6, 6.07) is 0.427. The fraction of sp³-hybridized carbons (Fsp3) is 0.667. The van der Waals surface area contributed by atoms with E-state index in [1.165, 1.54) is 11.3 Å². The van der Waals surface area contributed by atoms with Crippen LogP contribution in [0.5, 0.6) is 0 Å². The van der Waals surface area contributed by atoms with Crippen molar-refractivity contribution >= 4 is 17.3 Å². The summed E-state index contributed by atoms with van der Waals surface area (Å²) in [5.41, 5.74) is 0.634. The Morgan fingerprint density at radius 3 is 2.83 bits per heavy atom. The van der Waals surface area contributed by atoms with Crippen LogP contribution >= 0.6 is 11.3 Å². The van der Waals surface area contributed by atoms with Crippen molar-refractivity contribution in [3.05, 3.63) is 15.6 Å². The first kappa shape index (κ1) is 13.5. The van der Waals surface area contributed by atoms with Crippen LogP contribution in [0.25, 0.3) is 0 Å². The largest absolute Gasteiger partial charge is 0.477 e. The lowest BCUT2D eigenvalue weighted by molar-refractivity contribution is 0.0701. The molecule has 0 aliphatic carbocycles. The van der Waals surface area contributed by atoms with Gasteiger partial charge in [-0.1, -0.05) is 0 Å². The molecule has 18 heavy (non-hydrogen) atoms. The molecule has 1 fully saturated rings. The number of hydrogen-bond acceptors (Lipinski definition) is 5. The third-order valence-corrected chi connectivity index (χ3v) is 4.59. The van der Waals surface area contributed by atoms with Gasteiger partial charge in [-0.05, 0) is 21.0 Å². The molecule has 0 aromatic carbocycles. The molecule has 1 aliphatic heterocycles. The second kappa shape index (κ2) is 5.34. The van der Waals surface area contributed by atoms with Gasteiger partial charge < -0.3 is 14.9 Å². The summed E-state index contributed by atoms with van der Waals surface area (Å²) in [5.74, 6) is -0.870. The number of thiazole rings is 1. The van der Waals surface area contributed by atoms with E-state index in [4.69, 9.17) is 5.11 Å². The van der Waals surface area contributed by atoms with Crippen molar-refractivity contribution < 1.29 is 9.90 Å². The molecular weight excluding hydrogens is 250 g/mol. The van der Waals surface area contributed by atoms with Crippen molar-refractivity contribution in [3.63, 3.8) is 0 Å². The lowest BCUT2D eigenvalue weighted by Gasteiger charge is -2.37. The number of hydrogen-bond donors (Lipinski definition) is 1. The monoisotopic (exact) mass is 269 g/mol. The van der Waals surface area contributed by atoms with Crippen LogP contribution in [0.15, 0.2) is 0 Å². The van der Waals surface area contributed by atoms with E-state index >= 15 is 0 Å². The topological polar surface area (TPSA) is 56.7 Å². The Hall–Kier alpha value is -0.980. The molecular formula is C12H19N3O2S. The number of piperazine rings is 1. The predicted octanol–water partition coefficient (Wildman–Crippen LogP) is 0.938. The molecule has 1 aromatic heterocycles. The molecule has 2 heterocycles. The number of rotatable bonds is 3. The number of likely N-dealkylation sites (N-methyl/N-ethyl adjacent to an activating group) is 2. The highest BCUT2D eigenvalue weighted by Gasteiger charge is 2.24. The highest BCUT2D eigenvalue weighted by Crippen LogP contribution is 2.21. The van der Waals surface area contributed by atoms with Gasteiger partial charge in [-0.15, -0.1) is 11.3 Å². The second-order valence-electron chi connectivity index (χ2n) is 4.93. The van der Waals surface area contributed by atoms with Gasteiger partial charge in [0.15, 0.2) is 0 Å². The zero-order chi connectivity index (χ0) is 13.3. The minimum atomic E-state index is -0.870. The lowest BCUT2D eigenvalue weighted by Crippen LogP contribution is -2.50. The molecule has 0 bridgehead atoms. The molecule has 0 saturated carbocycles. The number of aromatic nitrogens is 1. The summed E-state index contributed by atoms with van der Waals surface area (Å²) in [5, 5.41) is 9.96. The van der Waals surface area contributed by atoms with Gasteiger partial charge in [0.2, 0.25) is 0 Å². The van der Waals surface area contributed by atoms with Gasteiger partial charge >= 0.3 is 5.97 Å². The van der Waals surface area contributed by atoms with Crippen LogP contribution in [0, 0.1) is 6.92 Å². The van der Waals surface area contributed by atoms with Gasteiger partial charge in [0.1, 0.15) is 4.88 Å². The van der Waals surface area contributed by atoms with Crippen molar-refractivity contribution in [2.45, 2.75) is 19.4 Å². The lowest BCUT2D eigenvalue weighted by atomic mass is 10.1. The van der Waals surface area contributed by atoms with E-state index in [-0.39, 0.29) is 0 Å². The Balaban J connectivity index is 2.08. The summed E-state index contributed by atoms with van der Waals surface area (Å²) in [6.07, 6.45) is 0.833. The third kappa shape index (κ3) is 2.88. The van der Waals surface area contributed by atoms with Crippen molar-refractivity contribution in [2.24, 2.45) is 0 Å². The van der Waals surface area contributed by atoms with Gasteiger partial charge in [0.25, 0.3) is 0 Å². The molecule has 1 atom stereocenters. The standard InChI is InChI=1S/C12H19N3O2S/c1-8-11(12(16)17)18-10(13-8)6-9-7-14(2)4-5-15(9)3/h9H,4-7H2,1-3H3,(H,16,17). The van der Waals surface area contributed by atoms with E-state index in [1.54, 1.807) is 6.92 Å². The van der Waals surface area contributed by atoms with Crippen LogP contribution < -0.4 is 0 Å². The molecule has 6 heteroatoms. The van der Waals surface area contributed by atoms with E-state index < -0.39 is 5.97 Å². The van der Waals surface area contributed by atoms with Gasteiger partial charge in [-0.25, -0.2) is 9.78 Å². The maximum Gasteiger partial charge on any atom is 0.347 e. The zero-order valence-electron chi connectivity index (χ0n) is 11.0. The SMILES string of the molecule is Cc1nc(CC2CN(C)CCN2C)sc1C(=O)O. The fourth-order valence-corrected chi connectivity index (χ4v) is 3.24. The minimum absolute atomic E-state index is 0.372. The Morgan fingerprint density at radius 2 is 2.22 bits per heavy atom. The summed E-state index contributed by atoms with van der Waals surface area (Å²) in [7, 11) is 4.24. The average Bonchev–Trinajstić information content (AvgIpc) is 2.65. The van der Waals surface area contributed by atoms with Crippen molar-refractivity contribution in [1.82, 2.24) is 14.8 Å². The van der Waals surface area contributed by atoms with E-state index in [0.717, 1.165) is 31.1 Å². The molecule has 2 rings (SSSR count). The third-order valence-electron chi connectivity index (χ3n) is 3.43. The summed E-state index contributed by atoms with van der Waals surface area (Å²) in [6.45, 7) is 4.92. The van der Waals surface area contributed by atoms with Gasteiger partial charge in [-0.3, -0.25) is 0 Å². The molecule has 1 aliphatic rings. The maximum atomic E-state index is 11.0. The molecule has 1 N–H and O–H groups in total. The van der Waals surface area contributed by atoms with Crippen molar-refractivity contribution in [3.8, 4) is 0 Å². The number of aryl methyl sites for hydroxylation is 1. The van der Waals surface area contributed by atoms with Crippen molar-refractivity contribution in [2.75, 3.05) is 33.7 Å². The fourth-order valence-electron chi connectivity index (χ4n) is 2.26. The van der Waals surface area contributed by atoms with E-state index in [9.17, 15) is 4.79 Å². The minimum Gasteiger partial charge on any atom is -0.477 e. The number of carboxylic acids is 1. The Bertz CT molecular complexity index is 447.